The molecule has 0 fully saturated rings. The highest BCUT2D eigenvalue weighted by Gasteiger charge is 2.16. The highest BCUT2D eigenvalue weighted by Crippen LogP contribution is 2.13. The molecule has 0 aromatic heterocycles. The van der Waals surface area contributed by atoms with Crippen molar-refractivity contribution in [1.82, 2.24) is 4.72 Å². The van der Waals surface area contributed by atoms with Crippen molar-refractivity contribution in [2.24, 2.45) is 0 Å². The first kappa shape index (κ1) is 14.6. The normalized spacial score (nSPS) is 13.1. The van der Waals surface area contributed by atoms with Crippen LogP contribution in [0, 0.1) is 0 Å². The smallest absolute Gasteiger partial charge is 0.240 e. The fourth-order valence-electron chi connectivity index (χ4n) is 1.96. The van der Waals surface area contributed by atoms with Gasteiger partial charge in [0.1, 0.15) is 5.75 Å². The first-order valence-corrected chi connectivity index (χ1v) is 7.81. The molecule has 5 heteroatoms. The van der Waals surface area contributed by atoms with Gasteiger partial charge in [-0.2, -0.15) is 0 Å². The van der Waals surface area contributed by atoms with E-state index in [4.69, 9.17) is 0 Å². The van der Waals surface area contributed by atoms with Gasteiger partial charge in [-0.15, -0.1) is 0 Å². The predicted molar refractivity (Wildman–Crippen MR) is 78.0 cm³/mol. The molecule has 106 valence electrons. The van der Waals surface area contributed by atoms with Crippen LogP contribution in [0.25, 0.3) is 0 Å². The summed E-state index contributed by atoms with van der Waals surface area (Å²) in [5.74, 6) is 0.200. The van der Waals surface area contributed by atoms with Crippen molar-refractivity contribution in [1.29, 1.82) is 0 Å². The second-order valence-corrected chi connectivity index (χ2v) is 6.42. The van der Waals surface area contributed by atoms with Crippen LogP contribution in [0.3, 0.4) is 0 Å². The molecule has 0 unspecified atom stereocenters. The molecule has 4 nitrogen and oxygen atoms in total. The minimum Gasteiger partial charge on any atom is -0.508 e. The second kappa shape index (κ2) is 6.07. The van der Waals surface area contributed by atoms with E-state index in [1.807, 2.05) is 6.92 Å². The molecule has 0 saturated heterocycles. The fraction of sp³-hybridized carbons (Fsp3) is 0.200. The number of nitrogens with one attached hydrogen (secondary N) is 1. The van der Waals surface area contributed by atoms with E-state index >= 15 is 0 Å². The minimum atomic E-state index is -3.49. The van der Waals surface area contributed by atoms with Crippen LogP contribution >= 0.6 is 0 Å². The Kier molecular flexibility index (Phi) is 4.42. The summed E-state index contributed by atoms with van der Waals surface area (Å²) in [5.41, 5.74) is 0.964. The molecule has 0 spiro atoms. The molecule has 0 radical (unpaired) electrons. The number of hydrogen-bond donors (Lipinski definition) is 2. The maximum atomic E-state index is 12.1. The first-order valence-electron chi connectivity index (χ1n) is 6.33. The van der Waals surface area contributed by atoms with Gasteiger partial charge < -0.3 is 5.11 Å². The molecule has 2 rings (SSSR count). The molecule has 0 amide bonds. The van der Waals surface area contributed by atoms with Gasteiger partial charge in [-0.05, 0) is 43.2 Å². The van der Waals surface area contributed by atoms with E-state index in [0.717, 1.165) is 5.56 Å². The molecule has 0 aliphatic rings. The van der Waals surface area contributed by atoms with Gasteiger partial charge in [0.2, 0.25) is 10.0 Å². The van der Waals surface area contributed by atoms with Gasteiger partial charge in [0, 0.05) is 6.04 Å². The largest absolute Gasteiger partial charge is 0.508 e. The quantitative estimate of drug-likeness (QED) is 0.888. The van der Waals surface area contributed by atoms with Crippen LogP contribution in [-0.2, 0) is 16.4 Å². The minimum absolute atomic E-state index is 0.200. The summed E-state index contributed by atoms with van der Waals surface area (Å²) in [6.45, 7) is 1.81. The Balaban J connectivity index is 2.04. The molecule has 2 aromatic rings. The van der Waals surface area contributed by atoms with Crippen LogP contribution in [0.5, 0.6) is 5.75 Å². The summed E-state index contributed by atoms with van der Waals surface area (Å²) in [4.78, 5) is 0.262. The highest BCUT2D eigenvalue weighted by molar-refractivity contribution is 7.89. The molecule has 2 N–H and O–H groups in total. The zero-order valence-corrected chi connectivity index (χ0v) is 12.0. The van der Waals surface area contributed by atoms with Crippen LogP contribution in [0.4, 0.5) is 0 Å². The SMILES string of the molecule is C[C@H](Cc1ccc(O)cc1)NS(=O)(=O)c1ccccc1. The lowest BCUT2D eigenvalue weighted by Crippen LogP contribution is -2.34. The Hall–Kier alpha value is -1.85. The van der Waals surface area contributed by atoms with Crippen LogP contribution in [0.15, 0.2) is 59.5 Å². The van der Waals surface area contributed by atoms with Crippen molar-refractivity contribution in [2.75, 3.05) is 0 Å². The second-order valence-electron chi connectivity index (χ2n) is 4.71. The topological polar surface area (TPSA) is 66.4 Å². The Morgan fingerprint density at radius 2 is 1.65 bits per heavy atom. The van der Waals surface area contributed by atoms with Gasteiger partial charge in [-0.3, -0.25) is 0 Å². The fourth-order valence-corrected chi connectivity index (χ4v) is 3.22. The highest BCUT2D eigenvalue weighted by atomic mass is 32.2. The first-order chi connectivity index (χ1) is 9.47. The number of phenols is 1. The molecule has 0 aliphatic carbocycles. The van der Waals surface area contributed by atoms with Gasteiger partial charge >= 0.3 is 0 Å². The average Bonchev–Trinajstić information content (AvgIpc) is 2.42. The third-order valence-corrected chi connectivity index (χ3v) is 4.49. The van der Waals surface area contributed by atoms with Crippen molar-refractivity contribution >= 4 is 10.0 Å². The van der Waals surface area contributed by atoms with Crippen molar-refractivity contribution in [3.05, 3.63) is 60.2 Å². The van der Waals surface area contributed by atoms with E-state index < -0.39 is 10.0 Å². The molecule has 0 saturated carbocycles. The van der Waals surface area contributed by atoms with Crippen molar-refractivity contribution in [3.8, 4) is 5.75 Å². The Bertz CT molecular complexity index is 651. The van der Waals surface area contributed by atoms with Gasteiger partial charge in [0.05, 0.1) is 4.90 Å². The monoisotopic (exact) mass is 291 g/mol. The molecule has 0 heterocycles. The summed E-state index contributed by atoms with van der Waals surface area (Å²) < 4.78 is 26.9. The van der Waals surface area contributed by atoms with E-state index in [0.29, 0.717) is 6.42 Å². The maximum absolute atomic E-state index is 12.1. The Morgan fingerprint density at radius 1 is 1.05 bits per heavy atom. The van der Waals surface area contributed by atoms with Crippen LogP contribution in [-0.4, -0.2) is 19.6 Å². The third-order valence-electron chi connectivity index (χ3n) is 2.89. The summed E-state index contributed by atoms with van der Waals surface area (Å²) in [7, 11) is -3.49. The van der Waals surface area contributed by atoms with Gasteiger partial charge in [0.15, 0.2) is 0 Å². The Labute approximate surface area is 119 Å². The summed E-state index contributed by atoms with van der Waals surface area (Å²) in [6.07, 6.45) is 0.562. The van der Waals surface area contributed by atoms with Crippen LogP contribution in [0.1, 0.15) is 12.5 Å². The number of benzene rings is 2. The summed E-state index contributed by atoms with van der Waals surface area (Å²) in [6, 6.07) is 14.8. The van der Waals surface area contributed by atoms with E-state index in [9.17, 15) is 13.5 Å². The van der Waals surface area contributed by atoms with E-state index in [1.54, 1.807) is 54.6 Å². The maximum Gasteiger partial charge on any atom is 0.240 e. The van der Waals surface area contributed by atoms with E-state index in [2.05, 4.69) is 4.72 Å². The molecular weight excluding hydrogens is 274 g/mol. The zero-order valence-electron chi connectivity index (χ0n) is 11.2. The third kappa shape index (κ3) is 3.82. The van der Waals surface area contributed by atoms with Crippen molar-refractivity contribution in [3.63, 3.8) is 0 Å². The lowest BCUT2D eigenvalue weighted by molar-refractivity contribution is 0.475. The number of rotatable bonds is 5. The molecule has 0 aliphatic heterocycles. The van der Waals surface area contributed by atoms with Gasteiger partial charge in [-0.25, -0.2) is 13.1 Å². The predicted octanol–water partition coefficient (Wildman–Crippen LogP) is 2.30. The lowest BCUT2D eigenvalue weighted by atomic mass is 10.1. The Morgan fingerprint density at radius 3 is 2.25 bits per heavy atom. The summed E-state index contributed by atoms with van der Waals surface area (Å²) >= 11 is 0. The standard InChI is InChI=1S/C15H17NO3S/c1-12(11-13-7-9-14(17)10-8-13)16-20(18,19)15-5-3-2-4-6-15/h2-10,12,16-17H,11H2,1H3/t12-/m1/s1. The number of sulfonamides is 1. The van der Waals surface area contributed by atoms with Crippen molar-refractivity contribution < 1.29 is 13.5 Å². The molecular formula is C15H17NO3S. The molecule has 20 heavy (non-hydrogen) atoms. The number of phenolic OH excluding ortho intramolecular Hbond substituents is 1. The lowest BCUT2D eigenvalue weighted by Gasteiger charge is -2.14. The average molecular weight is 291 g/mol. The summed E-state index contributed by atoms with van der Waals surface area (Å²) in [5, 5.41) is 9.21. The number of hydrogen-bond acceptors (Lipinski definition) is 3. The van der Waals surface area contributed by atoms with Crippen LogP contribution < -0.4 is 4.72 Å². The van der Waals surface area contributed by atoms with Crippen molar-refractivity contribution in [2.45, 2.75) is 24.3 Å². The van der Waals surface area contributed by atoms with Crippen LogP contribution in [0.2, 0.25) is 0 Å². The zero-order chi connectivity index (χ0) is 14.6. The molecule has 1 atom stereocenters. The number of aromatic hydroxyl groups is 1. The van der Waals surface area contributed by atoms with E-state index in [-0.39, 0.29) is 16.7 Å². The van der Waals surface area contributed by atoms with E-state index in [1.165, 1.54) is 0 Å². The van der Waals surface area contributed by atoms with Gasteiger partial charge in [0.25, 0.3) is 0 Å². The molecule has 0 bridgehead atoms. The van der Waals surface area contributed by atoms with Gasteiger partial charge in [-0.1, -0.05) is 30.3 Å². The molecule has 2 aromatic carbocycles.